The number of hydrogen-bond acceptors (Lipinski definition) is 2. The summed E-state index contributed by atoms with van der Waals surface area (Å²) in [5, 5.41) is 3.54. The average molecular weight is 198 g/mol. The van der Waals surface area contributed by atoms with Crippen molar-refractivity contribution in [3.05, 3.63) is 0 Å². The summed E-state index contributed by atoms with van der Waals surface area (Å²) < 4.78 is 0. The highest BCUT2D eigenvalue weighted by atomic mass is 14.9. The second-order valence-corrected chi connectivity index (χ2v) is 5.93. The Balaban J connectivity index is 2.09. The van der Waals surface area contributed by atoms with Crippen molar-refractivity contribution in [1.82, 2.24) is 5.32 Å². The molecule has 1 aliphatic rings. The maximum absolute atomic E-state index is 5.92. The second kappa shape index (κ2) is 4.63. The fraction of sp³-hybridized carbons (Fsp3) is 1.00. The van der Waals surface area contributed by atoms with Gasteiger partial charge in [0.05, 0.1) is 0 Å². The number of hydrogen-bond donors (Lipinski definition) is 2. The lowest BCUT2D eigenvalue weighted by Gasteiger charge is -2.25. The topological polar surface area (TPSA) is 38.0 Å². The molecule has 0 heterocycles. The van der Waals surface area contributed by atoms with Crippen molar-refractivity contribution < 1.29 is 0 Å². The first-order valence-electron chi connectivity index (χ1n) is 5.91. The van der Waals surface area contributed by atoms with Crippen molar-refractivity contribution in [3.8, 4) is 0 Å². The highest BCUT2D eigenvalue weighted by molar-refractivity contribution is 4.83. The molecule has 1 aliphatic carbocycles. The van der Waals surface area contributed by atoms with Crippen LogP contribution in [0.3, 0.4) is 0 Å². The molecular formula is C12H26N2. The molecule has 1 saturated carbocycles. The first kappa shape index (κ1) is 12.0. The molecule has 0 aromatic rings. The largest absolute Gasteiger partial charge is 0.326 e. The lowest BCUT2D eigenvalue weighted by molar-refractivity contribution is 0.308. The van der Waals surface area contributed by atoms with Gasteiger partial charge in [-0.2, -0.15) is 0 Å². The van der Waals surface area contributed by atoms with Crippen molar-refractivity contribution in [2.75, 3.05) is 13.1 Å². The van der Waals surface area contributed by atoms with E-state index < -0.39 is 0 Å². The Hall–Kier alpha value is -0.0800. The third-order valence-corrected chi connectivity index (χ3v) is 3.31. The molecular weight excluding hydrogens is 172 g/mol. The maximum atomic E-state index is 5.92. The zero-order chi connectivity index (χ0) is 10.7. The van der Waals surface area contributed by atoms with Crippen molar-refractivity contribution in [1.29, 1.82) is 0 Å². The SMILES string of the molecule is CC(C)(N)CCNCC1(C)CCCC1. The van der Waals surface area contributed by atoms with Crippen molar-refractivity contribution in [2.45, 2.75) is 58.4 Å². The van der Waals surface area contributed by atoms with Gasteiger partial charge in [0.15, 0.2) is 0 Å². The summed E-state index contributed by atoms with van der Waals surface area (Å²) in [5.41, 5.74) is 6.47. The zero-order valence-corrected chi connectivity index (χ0v) is 10.0. The Morgan fingerprint density at radius 2 is 1.86 bits per heavy atom. The quantitative estimate of drug-likeness (QED) is 0.665. The summed E-state index contributed by atoms with van der Waals surface area (Å²) in [4.78, 5) is 0. The monoisotopic (exact) mass is 198 g/mol. The van der Waals surface area contributed by atoms with Gasteiger partial charge in [-0.15, -0.1) is 0 Å². The van der Waals surface area contributed by atoms with Crippen LogP contribution in [0.15, 0.2) is 0 Å². The molecule has 0 unspecified atom stereocenters. The van der Waals surface area contributed by atoms with Gasteiger partial charge in [0.1, 0.15) is 0 Å². The Bertz CT molecular complexity index is 164. The van der Waals surface area contributed by atoms with Crippen LogP contribution >= 0.6 is 0 Å². The molecule has 0 amide bonds. The summed E-state index contributed by atoms with van der Waals surface area (Å²) >= 11 is 0. The molecule has 0 aromatic carbocycles. The predicted molar refractivity (Wildman–Crippen MR) is 62.3 cm³/mol. The smallest absolute Gasteiger partial charge is 0.0109 e. The van der Waals surface area contributed by atoms with Crippen molar-refractivity contribution >= 4 is 0 Å². The number of nitrogens with one attached hydrogen (secondary N) is 1. The van der Waals surface area contributed by atoms with Crippen LogP contribution in [-0.4, -0.2) is 18.6 Å². The molecule has 0 atom stereocenters. The Kier molecular flexibility index (Phi) is 3.96. The van der Waals surface area contributed by atoms with Gasteiger partial charge in [-0.3, -0.25) is 0 Å². The lowest BCUT2D eigenvalue weighted by atomic mass is 9.89. The normalized spacial score (nSPS) is 21.4. The van der Waals surface area contributed by atoms with E-state index in [-0.39, 0.29) is 5.54 Å². The molecule has 0 aromatic heterocycles. The summed E-state index contributed by atoms with van der Waals surface area (Å²) in [6.07, 6.45) is 6.68. The summed E-state index contributed by atoms with van der Waals surface area (Å²) in [5.74, 6) is 0. The van der Waals surface area contributed by atoms with Crippen LogP contribution in [0.5, 0.6) is 0 Å². The van der Waals surface area contributed by atoms with Crippen LogP contribution in [0.4, 0.5) is 0 Å². The Morgan fingerprint density at radius 1 is 1.29 bits per heavy atom. The molecule has 84 valence electrons. The first-order valence-corrected chi connectivity index (χ1v) is 5.91. The van der Waals surface area contributed by atoms with E-state index >= 15 is 0 Å². The lowest BCUT2D eigenvalue weighted by Crippen LogP contribution is -2.38. The second-order valence-electron chi connectivity index (χ2n) is 5.93. The predicted octanol–water partition coefficient (Wildman–Crippen LogP) is 2.28. The van der Waals surface area contributed by atoms with Gasteiger partial charge in [-0.25, -0.2) is 0 Å². The van der Waals surface area contributed by atoms with E-state index in [4.69, 9.17) is 5.73 Å². The molecule has 1 rings (SSSR count). The fourth-order valence-electron chi connectivity index (χ4n) is 2.21. The zero-order valence-electron chi connectivity index (χ0n) is 10.0. The minimum absolute atomic E-state index is 0.0242. The van der Waals surface area contributed by atoms with E-state index in [0.29, 0.717) is 5.41 Å². The minimum atomic E-state index is -0.0242. The Morgan fingerprint density at radius 3 is 2.36 bits per heavy atom. The molecule has 0 bridgehead atoms. The molecule has 2 nitrogen and oxygen atoms in total. The van der Waals surface area contributed by atoms with E-state index in [1.165, 1.54) is 32.2 Å². The van der Waals surface area contributed by atoms with Gasteiger partial charge in [-0.05, 0) is 45.1 Å². The molecule has 14 heavy (non-hydrogen) atoms. The molecule has 0 spiro atoms. The maximum Gasteiger partial charge on any atom is 0.0109 e. The molecule has 3 N–H and O–H groups in total. The van der Waals surface area contributed by atoms with Gasteiger partial charge in [0, 0.05) is 12.1 Å². The highest BCUT2D eigenvalue weighted by Crippen LogP contribution is 2.36. The summed E-state index contributed by atoms with van der Waals surface area (Å²) in [6.45, 7) is 8.81. The Labute approximate surface area is 88.6 Å². The summed E-state index contributed by atoms with van der Waals surface area (Å²) in [7, 11) is 0. The van der Waals surface area contributed by atoms with Gasteiger partial charge in [-0.1, -0.05) is 19.8 Å². The minimum Gasteiger partial charge on any atom is -0.326 e. The van der Waals surface area contributed by atoms with Crippen molar-refractivity contribution in [3.63, 3.8) is 0 Å². The van der Waals surface area contributed by atoms with Crippen LogP contribution < -0.4 is 11.1 Å². The molecule has 0 saturated heterocycles. The van der Waals surface area contributed by atoms with Crippen LogP contribution in [0.1, 0.15) is 52.9 Å². The molecule has 1 fully saturated rings. The van der Waals surface area contributed by atoms with E-state index in [1.807, 2.05) is 0 Å². The highest BCUT2D eigenvalue weighted by Gasteiger charge is 2.27. The van der Waals surface area contributed by atoms with E-state index in [0.717, 1.165) is 13.0 Å². The van der Waals surface area contributed by atoms with E-state index in [1.54, 1.807) is 0 Å². The summed E-state index contributed by atoms with van der Waals surface area (Å²) in [6, 6.07) is 0. The van der Waals surface area contributed by atoms with E-state index in [9.17, 15) is 0 Å². The number of nitrogens with two attached hydrogens (primary N) is 1. The van der Waals surface area contributed by atoms with Crippen LogP contribution in [-0.2, 0) is 0 Å². The molecule has 2 heteroatoms. The number of rotatable bonds is 5. The van der Waals surface area contributed by atoms with Gasteiger partial charge >= 0.3 is 0 Å². The van der Waals surface area contributed by atoms with Crippen LogP contribution in [0.25, 0.3) is 0 Å². The van der Waals surface area contributed by atoms with Gasteiger partial charge < -0.3 is 11.1 Å². The molecule has 0 aliphatic heterocycles. The standard InChI is InChI=1S/C12H26N2/c1-11(2,13)8-9-14-10-12(3)6-4-5-7-12/h14H,4-10,13H2,1-3H3. The molecule has 0 radical (unpaired) electrons. The van der Waals surface area contributed by atoms with Crippen LogP contribution in [0.2, 0.25) is 0 Å². The third kappa shape index (κ3) is 4.43. The van der Waals surface area contributed by atoms with Gasteiger partial charge in [0.25, 0.3) is 0 Å². The van der Waals surface area contributed by atoms with Crippen LogP contribution in [0, 0.1) is 5.41 Å². The third-order valence-electron chi connectivity index (χ3n) is 3.31. The van der Waals surface area contributed by atoms with Gasteiger partial charge in [0.2, 0.25) is 0 Å². The average Bonchev–Trinajstić information content (AvgIpc) is 2.45. The van der Waals surface area contributed by atoms with E-state index in [2.05, 4.69) is 26.1 Å². The first-order chi connectivity index (χ1) is 6.41. The fourth-order valence-corrected chi connectivity index (χ4v) is 2.21. The van der Waals surface area contributed by atoms with Crippen molar-refractivity contribution in [2.24, 2.45) is 11.1 Å².